The van der Waals surface area contributed by atoms with Gasteiger partial charge in [-0.25, -0.2) is 4.98 Å². The molecule has 0 aliphatic heterocycles. The van der Waals surface area contributed by atoms with E-state index in [1.54, 1.807) is 20.0 Å². The molecule has 2 heterocycles. The van der Waals surface area contributed by atoms with Crippen LogP contribution in [0, 0.1) is 6.92 Å². The highest BCUT2D eigenvalue weighted by atomic mass is 19.4. The van der Waals surface area contributed by atoms with E-state index in [9.17, 15) is 18.0 Å². The van der Waals surface area contributed by atoms with Crippen LogP contribution in [0.15, 0.2) is 34.9 Å². The Morgan fingerprint density at radius 2 is 1.90 bits per heavy atom. The van der Waals surface area contributed by atoms with Crippen LogP contribution in [0.4, 0.5) is 13.2 Å². The van der Waals surface area contributed by atoms with Crippen molar-refractivity contribution in [3.63, 3.8) is 0 Å². The van der Waals surface area contributed by atoms with E-state index in [2.05, 4.69) is 14.9 Å². The highest BCUT2D eigenvalue weighted by Crippen LogP contribution is 2.27. The molecule has 154 valence electrons. The SMILES string of the molecule is Cc1noc2nc(C(C)C)cc(C(=O)N(C)Cc3ccc(OC(F)(F)F)cc3)c12. The van der Waals surface area contributed by atoms with Crippen LogP contribution in [-0.4, -0.2) is 34.4 Å². The minimum absolute atomic E-state index is 0.0860. The number of fused-ring (bicyclic) bond motifs is 1. The summed E-state index contributed by atoms with van der Waals surface area (Å²) in [5.41, 5.74) is 2.66. The third kappa shape index (κ3) is 4.67. The number of benzene rings is 1. The number of hydrogen-bond acceptors (Lipinski definition) is 5. The van der Waals surface area contributed by atoms with Crippen molar-refractivity contribution in [3.8, 4) is 5.75 Å². The first kappa shape index (κ1) is 20.6. The van der Waals surface area contributed by atoms with Gasteiger partial charge in [0.1, 0.15) is 5.75 Å². The van der Waals surface area contributed by atoms with Crippen molar-refractivity contribution in [1.29, 1.82) is 0 Å². The average molecular weight is 407 g/mol. The van der Waals surface area contributed by atoms with Crippen LogP contribution in [-0.2, 0) is 6.54 Å². The Morgan fingerprint density at radius 3 is 2.48 bits per heavy atom. The number of aryl methyl sites for hydroxylation is 1. The second-order valence-corrected chi connectivity index (χ2v) is 7.05. The minimum atomic E-state index is -4.74. The number of ether oxygens (including phenoxy) is 1. The molecule has 3 rings (SSSR count). The molecule has 0 atom stereocenters. The van der Waals surface area contributed by atoms with E-state index in [0.717, 1.165) is 0 Å². The van der Waals surface area contributed by atoms with E-state index in [1.165, 1.54) is 29.2 Å². The zero-order valence-electron chi connectivity index (χ0n) is 16.4. The second kappa shape index (κ2) is 7.73. The fourth-order valence-corrected chi connectivity index (χ4v) is 2.93. The van der Waals surface area contributed by atoms with Crippen LogP contribution in [0.25, 0.3) is 11.1 Å². The fraction of sp³-hybridized carbons (Fsp3) is 0.350. The van der Waals surface area contributed by atoms with Crippen molar-refractivity contribution in [2.75, 3.05) is 7.05 Å². The van der Waals surface area contributed by atoms with Crippen molar-refractivity contribution in [2.24, 2.45) is 0 Å². The molecule has 0 radical (unpaired) electrons. The number of alkyl halides is 3. The van der Waals surface area contributed by atoms with Gasteiger partial charge >= 0.3 is 6.36 Å². The van der Waals surface area contributed by atoms with Gasteiger partial charge in [-0.3, -0.25) is 4.79 Å². The summed E-state index contributed by atoms with van der Waals surface area (Å²) in [7, 11) is 1.62. The van der Waals surface area contributed by atoms with Crippen molar-refractivity contribution in [2.45, 2.75) is 39.6 Å². The molecule has 0 bridgehead atoms. The van der Waals surface area contributed by atoms with Crippen LogP contribution in [0.3, 0.4) is 0 Å². The van der Waals surface area contributed by atoms with Crippen LogP contribution < -0.4 is 4.74 Å². The van der Waals surface area contributed by atoms with Gasteiger partial charge in [-0.05, 0) is 36.6 Å². The standard InChI is InChI=1S/C20H20F3N3O3/c1-11(2)16-9-15(17-12(3)25-29-18(17)24-16)19(27)26(4)10-13-5-7-14(8-6-13)28-20(21,22)23/h5-9,11H,10H2,1-4H3. The zero-order valence-corrected chi connectivity index (χ0v) is 16.4. The maximum absolute atomic E-state index is 13.1. The summed E-state index contributed by atoms with van der Waals surface area (Å²) < 4.78 is 45.9. The Morgan fingerprint density at radius 1 is 1.24 bits per heavy atom. The van der Waals surface area contributed by atoms with E-state index in [4.69, 9.17) is 4.52 Å². The summed E-state index contributed by atoms with van der Waals surface area (Å²) in [5.74, 6) is -0.489. The van der Waals surface area contributed by atoms with Gasteiger partial charge in [0.05, 0.1) is 16.6 Å². The van der Waals surface area contributed by atoms with E-state index >= 15 is 0 Å². The summed E-state index contributed by atoms with van der Waals surface area (Å²) >= 11 is 0. The minimum Gasteiger partial charge on any atom is -0.406 e. The van der Waals surface area contributed by atoms with Gasteiger partial charge in [0.15, 0.2) is 0 Å². The quantitative estimate of drug-likeness (QED) is 0.606. The molecule has 0 saturated heterocycles. The van der Waals surface area contributed by atoms with E-state index in [1.807, 2.05) is 13.8 Å². The van der Waals surface area contributed by atoms with Crippen LogP contribution in [0.2, 0.25) is 0 Å². The second-order valence-electron chi connectivity index (χ2n) is 7.05. The van der Waals surface area contributed by atoms with Gasteiger partial charge in [-0.15, -0.1) is 13.2 Å². The molecule has 1 aromatic carbocycles. The van der Waals surface area contributed by atoms with E-state index in [0.29, 0.717) is 33.6 Å². The lowest BCUT2D eigenvalue weighted by Crippen LogP contribution is -2.26. The topological polar surface area (TPSA) is 68.5 Å². The molecule has 29 heavy (non-hydrogen) atoms. The molecule has 0 N–H and O–H groups in total. The van der Waals surface area contributed by atoms with Gasteiger partial charge in [0.25, 0.3) is 11.6 Å². The smallest absolute Gasteiger partial charge is 0.406 e. The number of hydrogen-bond donors (Lipinski definition) is 0. The van der Waals surface area contributed by atoms with Gasteiger partial charge < -0.3 is 14.2 Å². The Balaban J connectivity index is 1.84. The lowest BCUT2D eigenvalue weighted by atomic mass is 10.0. The number of carbonyl (C=O) groups excluding carboxylic acids is 1. The summed E-state index contributed by atoms with van der Waals surface area (Å²) in [6, 6.07) is 7.13. The third-order valence-corrected chi connectivity index (χ3v) is 4.38. The summed E-state index contributed by atoms with van der Waals surface area (Å²) in [6.07, 6.45) is -4.74. The van der Waals surface area contributed by atoms with Crippen molar-refractivity contribution < 1.29 is 27.2 Å². The molecule has 6 nitrogen and oxygen atoms in total. The third-order valence-electron chi connectivity index (χ3n) is 4.38. The predicted molar refractivity (Wildman–Crippen MR) is 99.6 cm³/mol. The number of rotatable bonds is 5. The Kier molecular flexibility index (Phi) is 5.50. The molecular formula is C20H20F3N3O3. The first-order valence-electron chi connectivity index (χ1n) is 8.92. The molecule has 9 heteroatoms. The van der Waals surface area contributed by atoms with Gasteiger partial charge in [-0.1, -0.05) is 31.1 Å². The predicted octanol–water partition coefficient (Wildman–Crippen LogP) is 4.83. The molecule has 0 aliphatic carbocycles. The molecule has 0 aliphatic rings. The Hall–Kier alpha value is -3.10. The Labute approximate surface area is 165 Å². The molecule has 0 spiro atoms. The van der Waals surface area contributed by atoms with Crippen LogP contribution >= 0.6 is 0 Å². The van der Waals surface area contributed by atoms with Crippen molar-refractivity contribution in [3.05, 3.63) is 52.8 Å². The van der Waals surface area contributed by atoms with E-state index < -0.39 is 6.36 Å². The number of aromatic nitrogens is 2. The molecular weight excluding hydrogens is 387 g/mol. The van der Waals surface area contributed by atoms with Crippen LogP contribution in [0.1, 0.15) is 47.1 Å². The maximum atomic E-state index is 13.1. The van der Waals surface area contributed by atoms with Crippen molar-refractivity contribution >= 4 is 17.0 Å². The molecule has 0 fully saturated rings. The van der Waals surface area contributed by atoms with Gasteiger partial charge in [0, 0.05) is 19.3 Å². The highest BCUT2D eigenvalue weighted by Gasteiger charge is 2.31. The molecule has 1 amide bonds. The molecule has 0 unspecified atom stereocenters. The first-order chi connectivity index (χ1) is 13.5. The number of carbonyl (C=O) groups is 1. The molecule has 3 aromatic rings. The summed E-state index contributed by atoms with van der Waals surface area (Å²) in [4.78, 5) is 19.0. The first-order valence-corrected chi connectivity index (χ1v) is 8.92. The normalized spacial score (nSPS) is 11.9. The summed E-state index contributed by atoms with van der Waals surface area (Å²) in [5, 5.41) is 4.46. The average Bonchev–Trinajstić information content (AvgIpc) is 3.02. The largest absolute Gasteiger partial charge is 0.573 e. The van der Waals surface area contributed by atoms with Gasteiger partial charge in [0.2, 0.25) is 0 Å². The van der Waals surface area contributed by atoms with Crippen molar-refractivity contribution in [1.82, 2.24) is 15.0 Å². The number of amides is 1. The lowest BCUT2D eigenvalue weighted by Gasteiger charge is -2.19. The fourth-order valence-electron chi connectivity index (χ4n) is 2.93. The maximum Gasteiger partial charge on any atom is 0.573 e. The molecule has 2 aromatic heterocycles. The highest BCUT2D eigenvalue weighted by molar-refractivity contribution is 6.05. The monoisotopic (exact) mass is 407 g/mol. The number of nitrogens with zero attached hydrogens (tertiary/aromatic N) is 3. The number of pyridine rings is 1. The lowest BCUT2D eigenvalue weighted by molar-refractivity contribution is -0.274. The Bertz CT molecular complexity index is 1030. The zero-order chi connectivity index (χ0) is 21.3. The summed E-state index contributed by atoms with van der Waals surface area (Å²) in [6.45, 7) is 5.86. The van der Waals surface area contributed by atoms with E-state index in [-0.39, 0.29) is 24.1 Å². The van der Waals surface area contributed by atoms with Crippen LogP contribution in [0.5, 0.6) is 5.75 Å². The number of halogens is 3. The molecule has 0 saturated carbocycles. The van der Waals surface area contributed by atoms with Gasteiger partial charge in [-0.2, -0.15) is 0 Å².